The Balaban J connectivity index is 1.98. The van der Waals surface area contributed by atoms with Gasteiger partial charge in [0.15, 0.2) is 0 Å². The summed E-state index contributed by atoms with van der Waals surface area (Å²) in [5.74, 6) is 0. The normalized spacial score (nSPS) is 17.4. The number of quaternary nitrogens is 1. The number of sulfonamides is 1. The van der Waals surface area contributed by atoms with Gasteiger partial charge in [-0.2, -0.15) is 13.7 Å². The molecular formula is C22H25Cl2N2O2S+. The summed E-state index contributed by atoms with van der Waals surface area (Å²) < 4.78 is 27.6. The van der Waals surface area contributed by atoms with E-state index >= 15 is 0 Å². The van der Waals surface area contributed by atoms with Gasteiger partial charge in [-0.05, 0) is 42.7 Å². The fourth-order valence-electron chi connectivity index (χ4n) is 4.13. The topological polar surface area (TPSA) is 57.9 Å². The highest BCUT2D eigenvalue weighted by atomic mass is 35.5. The Kier molecular flexibility index (Phi) is 6.90. The molecule has 4 nitrogen and oxygen atoms in total. The van der Waals surface area contributed by atoms with E-state index in [0.29, 0.717) is 18.5 Å². The van der Waals surface area contributed by atoms with E-state index in [-0.39, 0.29) is 24.9 Å². The highest BCUT2D eigenvalue weighted by molar-refractivity contribution is 7.86. The van der Waals surface area contributed by atoms with Gasteiger partial charge >= 0.3 is 10.0 Å². The Labute approximate surface area is 183 Å². The zero-order valence-electron chi connectivity index (χ0n) is 16.4. The standard InChI is InChI=1S/C22H25Cl2N2O2S/c1-26(19-6-3-2-4-7-19,15-14-17-10-12-18(16-25)13-11-17)29(27,28)21-9-5-8-20(23)22(21)24/h5,8-13,19H,2-4,6-7,14-15H2,1H3/q+1. The Morgan fingerprint density at radius 3 is 2.34 bits per heavy atom. The molecule has 0 heterocycles. The third-order valence-electron chi connectivity index (χ3n) is 6.02. The first kappa shape index (κ1) is 22.1. The van der Waals surface area contributed by atoms with Crippen LogP contribution in [0.3, 0.4) is 0 Å². The van der Waals surface area contributed by atoms with Gasteiger partial charge in [-0.1, -0.05) is 47.8 Å². The Morgan fingerprint density at radius 1 is 1.07 bits per heavy atom. The van der Waals surface area contributed by atoms with Gasteiger partial charge in [0.2, 0.25) is 0 Å². The van der Waals surface area contributed by atoms with Crippen LogP contribution in [0.1, 0.15) is 43.2 Å². The minimum atomic E-state index is -3.77. The van der Waals surface area contributed by atoms with Crippen LogP contribution in [-0.2, 0) is 16.4 Å². The first-order valence-corrected chi connectivity index (χ1v) is 12.0. The molecule has 2 aromatic rings. The average molecular weight is 452 g/mol. The minimum absolute atomic E-state index is 0.0159. The van der Waals surface area contributed by atoms with Crippen LogP contribution < -0.4 is 0 Å². The van der Waals surface area contributed by atoms with Gasteiger partial charge in [-0.25, -0.2) is 3.89 Å². The maximum atomic E-state index is 13.8. The first-order valence-electron chi connectivity index (χ1n) is 9.83. The van der Waals surface area contributed by atoms with Gasteiger partial charge < -0.3 is 0 Å². The molecule has 1 atom stereocenters. The summed E-state index contributed by atoms with van der Waals surface area (Å²) in [6.07, 6.45) is 5.56. The monoisotopic (exact) mass is 451 g/mol. The van der Waals surface area contributed by atoms with Crippen molar-refractivity contribution in [3.05, 3.63) is 63.6 Å². The number of hydrogen-bond acceptors (Lipinski definition) is 3. The molecule has 1 saturated carbocycles. The average Bonchev–Trinajstić information content (AvgIpc) is 2.74. The zero-order chi connectivity index (χ0) is 21.1. The predicted molar refractivity (Wildman–Crippen MR) is 116 cm³/mol. The van der Waals surface area contributed by atoms with Crippen LogP contribution in [0.5, 0.6) is 0 Å². The molecule has 3 rings (SSSR count). The van der Waals surface area contributed by atoms with Crippen molar-refractivity contribution < 1.29 is 12.3 Å². The van der Waals surface area contributed by atoms with E-state index in [1.165, 1.54) is 0 Å². The van der Waals surface area contributed by atoms with Crippen molar-refractivity contribution in [3.63, 3.8) is 0 Å². The first-order chi connectivity index (χ1) is 13.8. The van der Waals surface area contributed by atoms with Crippen LogP contribution in [0, 0.1) is 11.3 Å². The van der Waals surface area contributed by atoms with Crippen LogP contribution in [0.2, 0.25) is 10.0 Å². The van der Waals surface area contributed by atoms with E-state index in [2.05, 4.69) is 6.07 Å². The molecule has 154 valence electrons. The van der Waals surface area contributed by atoms with E-state index in [0.717, 1.165) is 37.7 Å². The lowest BCUT2D eigenvalue weighted by Gasteiger charge is -2.41. The molecule has 0 aromatic heterocycles. The third-order valence-corrected chi connectivity index (χ3v) is 9.42. The zero-order valence-corrected chi connectivity index (χ0v) is 18.8. The summed E-state index contributed by atoms with van der Waals surface area (Å²) in [6.45, 7) is 0.432. The highest BCUT2D eigenvalue weighted by Gasteiger charge is 2.46. The summed E-state index contributed by atoms with van der Waals surface area (Å²) in [4.78, 5) is 0.0968. The fourth-order valence-corrected chi connectivity index (χ4v) is 6.75. The Bertz CT molecular complexity index is 1010. The molecule has 1 fully saturated rings. The fraction of sp³-hybridized carbons (Fsp3) is 0.409. The van der Waals surface area contributed by atoms with E-state index in [9.17, 15) is 8.42 Å². The van der Waals surface area contributed by atoms with Gasteiger partial charge in [0.1, 0.15) is 10.9 Å². The van der Waals surface area contributed by atoms with E-state index < -0.39 is 10.0 Å². The molecule has 0 aliphatic heterocycles. The van der Waals surface area contributed by atoms with Crippen LogP contribution in [-0.4, -0.2) is 31.9 Å². The lowest BCUT2D eigenvalue weighted by molar-refractivity contribution is -0.814. The van der Waals surface area contributed by atoms with Crippen molar-refractivity contribution >= 4 is 33.2 Å². The number of nitrogens with zero attached hydrogens (tertiary/aromatic N) is 2. The molecule has 2 aromatic carbocycles. The van der Waals surface area contributed by atoms with Crippen molar-refractivity contribution in [3.8, 4) is 6.07 Å². The van der Waals surface area contributed by atoms with Gasteiger partial charge in [0.05, 0.1) is 35.3 Å². The van der Waals surface area contributed by atoms with Crippen molar-refractivity contribution in [1.29, 1.82) is 5.26 Å². The lowest BCUT2D eigenvalue weighted by atomic mass is 9.94. The molecule has 0 radical (unpaired) electrons. The van der Waals surface area contributed by atoms with Crippen molar-refractivity contribution in [2.75, 3.05) is 13.6 Å². The second-order valence-electron chi connectivity index (χ2n) is 7.78. The van der Waals surface area contributed by atoms with Crippen LogP contribution >= 0.6 is 23.2 Å². The van der Waals surface area contributed by atoms with E-state index in [1.807, 2.05) is 19.2 Å². The second kappa shape index (κ2) is 9.06. The number of likely N-dealkylation sites (N-methyl/N-ethyl adjacent to an activating group) is 1. The van der Waals surface area contributed by atoms with Gasteiger partial charge in [0.25, 0.3) is 0 Å². The van der Waals surface area contributed by atoms with Crippen LogP contribution in [0.15, 0.2) is 47.4 Å². The quantitative estimate of drug-likeness (QED) is 0.538. The molecule has 7 heteroatoms. The molecule has 0 bridgehead atoms. The molecule has 0 N–H and O–H groups in total. The third kappa shape index (κ3) is 4.46. The van der Waals surface area contributed by atoms with Crippen molar-refractivity contribution in [1.82, 2.24) is 0 Å². The van der Waals surface area contributed by atoms with Crippen LogP contribution in [0.25, 0.3) is 0 Å². The van der Waals surface area contributed by atoms with Gasteiger partial charge in [0, 0.05) is 19.3 Å². The lowest BCUT2D eigenvalue weighted by Crippen LogP contribution is -2.57. The summed E-state index contributed by atoms with van der Waals surface area (Å²) in [7, 11) is -1.96. The molecule has 0 saturated heterocycles. The molecule has 0 amide bonds. The second-order valence-corrected chi connectivity index (χ2v) is 10.8. The number of nitriles is 1. The molecular weight excluding hydrogens is 427 g/mol. The predicted octanol–water partition coefficient (Wildman–Crippen LogP) is 5.58. The van der Waals surface area contributed by atoms with Crippen LogP contribution in [0.4, 0.5) is 0 Å². The van der Waals surface area contributed by atoms with Gasteiger partial charge in [-0.3, -0.25) is 0 Å². The van der Waals surface area contributed by atoms with Gasteiger partial charge in [-0.15, -0.1) is 0 Å². The number of rotatable bonds is 6. The minimum Gasteiger partial charge on any atom is -0.214 e. The summed E-state index contributed by atoms with van der Waals surface area (Å²) in [6, 6.07) is 14.2. The maximum Gasteiger partial charge on any atom is 0.328 e. The number of benzene rings is 2. The maximum absolute atomic E-state index is 13.8. The van der Waals surface area contributed by atoms with E-state index in [4.69, 9.17) is 28.5 Å². The van der Waals surface area contributed by atoms with E-state index in [1.54, 1.807) is 30.3 Å². The SMILES string of the molecule is C[N+](CCc1ccc(C#N)cc1)(C1CCCCC1)S(=O)(=O)c1cccc(Cl)c1Cl. The highest BCUT2D eigenvalue weighted by Crippen LogP contribution is 2.38. The number of halogens is 2. The molecule has 1 aliphatic rings. The largest absolute Gasteiger partial charge is 0.328 e. The summed E-state index contributed by atoms with van der Waals surface area (Å²) in [5.41, 5.74) is 1.60. The summed E-state index contributed by atoms with van der Waals surface area (Å²) in [5, 5.41) is 9.32. The molecule has 0 spiro atoms. The Hall–Kier alpha value is -1.58. The molecule has 29 heavy (non-hydrogen) atoms. The molecule has 1 aliphatic carbocycles. The van der Waals surface area contributed by atoms with Crippen molar-refractivity contribution in [2.24, 2.45) is 0 Å². The Morgan fingerprint density at radius 2 is 1.72 bits per heavy atom. The smallest absolute Gasteiger partial charge is 0.214 e. The number of hydrogen-bond donors (Lipinski definition) is 0. The molecule has 1 unspecified atom stereocenters. The summed E-state index contributed by atoms with van der Waals surface area (Å²) >= 11 is 12.4. The van der Waals surface area contributed by atoms with Crippen molar-refractivity contribution in [2.45, 2.75) is 49.5 Å².